The molecule has 0 spiro atoms. The quantitative estimate of drug-likeness (QED) is 0.00866. The Bertz CT molecular complexity index is 6240. The van der Waals surface area contributed by atoms with Gasteiger partial charge in [-0.1, -0.05) is 135 Å². The van der Waals surface area contributed by atoms with E-state index < -0.39 is 119 Å². The Hall–Kier alpha value is -11.8. The molecular formula is C97H105F7N6O24S4. The van der Waals surface area contributed by atoms with E-state index >= 15 is 0 Å². The number of rotatable bonds is 31. The number of amides is 4. The number of carbonyl (C=O) groups is 4. The van der Waals surface area contributed by atoms with Gasteiger partial charge in [0.15, 0.2) is 69.9 Å². The highest BCUT2D eigenvalue weighted by atomic mass is 32.2. The number of methoxy groups -OCH3 is 1. The van der Waals surface area contributed by atoms with Crippen molar-refractivity contribution in [1.82, 2.24) is 31.7 Å². The first-order chi connectivity index (χ1) is 65.7. The zero-order valence-corrected chi connectivity index (χ0v) is 78.6. The summed E-state index contributed by atoms with van der Waals surface area (Å²) in [6.07, 6.45) is -9.31. The van der Waals surface area contributed by atoms with Crippen molar-refractivity contribution in [2.24, 2.45) is 0 Å². The third kappa shape index (κ3) is 24.7. The van der Waals surface area contributed by atoms with E-state index in [0.29, 0.717) is 67.3 Å². The second-order valence-electron chi connectivity index (χ2n) is 32.5. The molecule has 4 amide bonds. The molecule has 1 atom stereocenters. The standard InChI is InChI=1S/C26H28N2O5S.C24H28F3NO7S.C24H23NO6S.C23H26F4N2O6S/c1-2-28-18-16-26(17-19-28,25(29)27-30)34(31,32)24-14-10-21(11-15-24)20-8-12-23(13-9-20)33-22-6-4-3-5-7-22;1-16(33-2)9-12-35-21-8-5-18(15-20(21)24(25,26)27)17-3-6-19(7-4-17)36(31,32)23(22(29)28-30)10-13-34-14-11-23;26-23(25-27)24(14-16-30-17-15-24)32(28,29)22-12-8-19(9-13-22)18-6-10-21(11-7-18)31-20-4-2-1-3-5-20;1-2-29-11-9-22(10-12-29,21(30)28-31)36(32,33)18-6-3-16(4-7-18)17-5-8-20(19(24)15-17)34-13-14-35-23(25,26)27/h3-15,30H,2,16-19H2,1H3,(H,27,29);3-8,15-16,30H,9-14H2,1-2H3,(H,28,29);1-13,27H,14-17H2,(H,25,26);3-8,15,31H,2,9-14H2,1H3,(H,28,30). The SMILES string of the molecule is CCN1CCC(C(=O)NO)(S(=O)(=O)c2ccc(-c3ccc(OCCOC(F)(F)F)c(F)c3)cc2)CC1.CCN1CCC(C(=O)NO)(S(=O)(=O)c2ccc(-c3ccc(Oc4ccccc4)cc3)cc2)CC1.COC(C)CCOc1ccc(-c2ccc(S(=O)(=O)C3(C(=O)NO)CCOCC3)cc2)cc1C(F)(F)F.O=C(NO)C1(S(=O)(=O)c2ccc(-c3ccc(Oc4ccccc4)cc3)cc2)CCOCC1. The van der Waals surface area contributed by atoms with Crippen LogP contribution in [0.2, 0.25) is 0 Å². The van der Waals surface area contributed by atoms with E-state index in [1.165, 1.54) is 121 Å². The number of nitrogens with one attached hydrogen (secondary N) is 4. The molecule has 10 aromatic carbocycles. The fraction of sp³-hybridized carbons (Fsp3) is 0.340. The van der Waals surface area contributed by atoms with Crippen LogP contribution in [0.4, 0.5) is 30.7 Å². The van der Waals surface area contributed by atoms with Crippen molar-refractivity contribution in [3.05, 3.63) is 254 Å². The number of para-hydroxylation sites is 2. The van der Waals surface area contributed by atoms with Gasteiger partial charge in [0.25, 0.3) is 23.6 Å². The van der Waals surface area contributed by atoms with Crippen LogP contribution < -0.4 is 40.9 Å². The molecule has 4 aliphatic rings. The fourth-order valence-corrected chi connectivity index (χ4v) is 24.0. The lowest BCUT2D eigenvalue weighted by molar-refractivity contribution is -0.325. The maximum absolute atomic E-state index is 14.4. The van der Waals surface area contributed by atoms with Gasteiger partial charge >= 0.3 is 12.5 Å². The minimum absolute atomic E-state index is 0.0119. The van der Waals surface area contributed by atoms with Crippen molar-refractivity contribution in [2.75, 3.05) is 92.6 Å². The average Bonchev–Trinajstić information content (AvgIpc) is 0.755. The number of sulfone groups is 4. The molecule has 4 heterocycles. The highest BCUT2D eigenvalue weighted by Crippen LogP contribution is 2.45. The van der Waals surface area contributed by atoms with E-state index in [4.69, 9.17) is 43.6 Å². The second-order valence-corrected chi connectivity index (χ2v) is 41.5. The number of hydrogen-bond donors (Lipinski definition) is 8. The van der Waals surface area contributed by atoms with Crippen molar-refractivity contribution in [3.63, 3.8) is 0 Å². The highest BCUT2D eigenvalue weighted by molar-refractivity contribution is 7.94. The summed E-state index contributed by atoms with van der Waals surface area (Å²) in [7, 11) is -15.0. The molecule has 740 valence electrons. The molecular weight excluding hydrogens is 1890 g/mol. The van der Waals surface area contributed by atoms with Crippen LogP contribution in [0.25, 0.3) is 44.5 Å². The number of benzene rings is 10. The number of alkyl halides is 6. The first-order valence-electron chi connectivity index (χ1n) is 43.7. The smallest absolute Gasteiger partial charge is 0.493 e. The first-order valence-corrected chi connectivity index (χ1v) is 49.6. The Morgan fingerprint density at radius 2 is 0.667 bits per heavy atom. The van der Waals surface area contributed by atoms with Crippen LogP contribution in [0.15, 0.2) is 262 Å². The molecule has 0 bridgehead atoms. The molecule has 4 saturated heterocycles. The summed E-state index contributed by atoms with van der Waals surface area (Å²) in [6, 6.07) is 64.9. The van der Waals surface area contributed by atoms with Crippen LogP contribution >= 0.6 is 0 Å². The lowest BCUT2D eigenvalue weighted by Gasteiger charge is -2.39. The van der Waals surface area contributed by atoms with Crippen LogP contribution in [-0.4, -0.2) is 212 Å². The predicted octanol–water partition coefficient (Wildman–Crippen LogP) is 15.8. The average molecular weight is 2000 g/mol. The second kappa shape index (κ2) is 46.8. The van der Waals surface area contributed by atoms with Gasteiger partial charge in [-0.05, 0) is 237 Å². The van der Waals surface area contributed by atoms with Crippen molar-refractivity contribution in [2.45, 2.75) is 136 Å². The van der Waals surface area contributed by atoms with E-state index in [-0.39, 0.29) is 127 Å². The zero-order valence-electron chi connectivity index (χ0n) is 75.4. The minimum atomic E-state index is -4.81. The number of carbonyl (C=O) groups excluding carboxylic acids is 4. The Kier molecular flexibility index (Phi) is 36.1. The van der Waals surface area contributed by atoms with Gasteiger partial charge in [0.2, 0.25) is 0 Å². The molecule has 41 heteroatoms. The number of hydrogen-bond acceptors (Lipinski definition) is 26. The van der Waals surface area contributed by atoms with Crippen molar-refractivity contribution in [3.8, 4) is 79.0 Å². The molecule has 4 aliphatic heterocycles. The molecule has 0 aliphatic carbocycles. The van der Waals surface area contributed by atoms with Gasteiger partial charge in [0, 0.05) is 66.1 Å². The normalized spacial score (nSPS) is 16.3. The third-order valence-electron chi connectivity index (χ3n) is 24.6. The molecule has 8 N–H and O–H groups in total. The van der Waals surface area contributed by atoms with E-state index in [1.54, 1.807) is 36.7 Å². The highest BCUT2D eigenvalue weighted by Gasteiger charge is 2.57. The predicted molar refractivity (Wildman–Crippen MR) is 492 cm³/mol. The maximum atomic E-state index is 14.4. The number of piperidine rings is 2. The lowest BCUT2D eigenvalue weighted by atomic mass is 9.95. The molecule has 1 unspecified atom stereocenters. The topological polar surface area (TPSA) is 414 Å². The number of hydroxylamine groups is 4. The van der Waals surface area contributed by atoms with Crippen molar-refractivity contribution >= 4 is 63.0 Å². The third-order valence-corrected chi connectivity index (χ3v) is 34.7. The largest absolute Gasteiger partial charge is 0.522 e. The number of nitrogens with zero attached hydrogens (tertiary/aromatic N) is 2. The van der Waals surface area contributed by atoms with Gasteiger partial charge in [-0.2, -0.15) is 13.2 Å². The number of ether oxygens (including phenoxy) is 8. The monoisotopic (exact) mass is 2000 g/mol. The van der Waals surface area contributed by atoms with Gasteiger partial charge < -0.3 is 43.0 Å². The summed E-state index contributed by atoms with van der Waals surface area (Å²) < 4.78 is 233. The molecule has 14 rings (SSSR count). The van der Waals surface area contributed by atoms with Gasteiger partial charge in [-0.25, -0.2) is 60.0 Å². The van der Waals surface area contributed by atoms with E-state index in [0.717, 1.165) is 52.4 Å². The molecule has 10 aromatic rings. The van der Waals surface area contributed by atoms with Crippen LogP contribution in [0.1, 0.15) is 84.1 Å². The minimum Gasteiger partial charge on any atom is -0.493 e. The molecule has 30 nitrogen and oxygen atoms in total. The van der Waals surface area contributed by atoms with Crippen LogP contribution in [0.5, 0.6) is 34.5 Å². The summed E-state index contributed by atoms with van der Waals surface area (Å²) in [5.74, 6) is -2.37. The lowest BCUT2D eigenvalue weighted by Crippen LogP contribution is -2.57. The van der Waals surface area contributed by atoms with E-state index in [9.17, 15) is 94.0 Å². The molecule has 0 radical (unpaired) electrons. The van der Waals surface area contributed by atoms with Gasteiger partial charge in [0.05, 0.1) is 44.5 Å². The van der Waals surface area contributed by atoms with Crippen LogP contribution in [-0.2, 0) is 83.7 Å². The maximum Gasteiger partial charge on any atom is 0.522 e. The Balaban J connectivity index is 0.000000176. The Labute approximate surface area is 793 Å². The van der Waals surface area contributed by atoms with Gasteiger partial charge in [-0.15, -0.1) is 13.2 Å². The number of halogens is 7. The van der Waals surface area contributed by atoms with Gasteiger partial charge in [0.1, 0.15) is 35.4 Å². The first kappa shape index (κ1) is 107. The summed E-state index contributed by atoms with van der Waals surface area (Å²) in [4.78, 5) is 53.7. The molecule has 0 saturated carbocycles. The summed E-state index contributed by atoms with van der Waals surface area (Å²) in [5, 5.41) is 36.9. The molecule has 138 heavy (non-hydrogen) atoms. The molecule has 4 fully saturated rings. The van der Waals surface area contributed by atoms with E-state index in [1.807, 2.05) is 128 Å². The van der Waals surface area contributed by atoms with Crippen molar-refractivity contribution < 1.29 is 142 Å². The summed E-state index contributed by atoms with van der Waals surface area (Å²) in [5.41, 5.74) is 9.94. The molecule has 0 aromatic heterocycles. The fourth-order valence-electron chi connectivity index (χ4n) is 16.2. The Morgan fingerprint density at radius 1 is 0.384 bits per heavy atom. The summed E-state index contributed by atoms with van der Waals surface area (Å²) in [6.45, 7) is 7.88. The summed E-state index contributed by atoms with van der Waals surface area (Å²) >= 11 is 0. The zero-order chi connectivity index (χ0) is 99.9. The van der Waals surface area contributed by atoms with Crippen LogP contribution in [0, 0.1) is 5.82 Å². The van der Waals surface area contributed by atoms with Crippen LogP contribution in [0.3, 0.4) is 0 Å². The van der Waals surface area contributed by atoms with Crippen molar-refractivity contribution in [1.29, 1.82) is 0 Å². The van der Waals surface area contributed by atoms with E-state index in [2.05, 4.69) is 9.64 Å². The number of likely N-dealkylation sites (tertiary alicyclic amines) is 2. The Morgan fingerprint density at radius 3 is 0.964 bits per heavy atom. The van der Waals surface area contributed by atoms with Gasteiger partial charge in [-0.3, -0.25) is 44.7 Å².